The van der Waals surface area contributed by atoms with Gasteiger partial charge in [0.25, 0.3) is 0 Å². The second-order valence-electron chi connectivity index (χ2n) is 17.2. The zero-order valence-corrected chi connectivity index (χ0v) is 55.3. The Morgan fingerprint density at radius 3 is 0.397 bits per heavy atom. The van der Waals surface area contributed by atoms with Crippen LogP contribution in [0, 0.1) is 0 Å². The van der Waals surface area contributed by atoms with Crippen LogP contribution in [-0.2, 0) is 75.6 Å². The maximum Gasteiger partial charge on any atom is 0.134 e. The van der Waals surface area contributed by atoms with Crippen molar-refractivity contribution >= 4 is 45.6 Å². The van der Waals surface area contributed by atoms with Gasteiger partial charge in [-0.25, -0.2) is 0 Å². The molecule has 0 N–H and O–H groups in total. The molecule has 0 rings (SSSR count). The van der Waals surface area contributed by atoms with Crippen molar-refractivity contribution in [1.29, 1.82) is 0 Å². The Kier molecular flexibility index (Phi) is 74.1. The average molecular weight is 1260 g/mol. The van der Waals surface area contributed by atoms with Gasteiger partial charge >= 0.3 is 0 Å². The average Bonchev–Trinajstić information content (AvgIpc) is 3.31. The maximum atomic E-state index is 11.1. The van der Waals surface area contributed by atoms with Crippen LogP contribution < -0.4 is 29.4 Å². The molecule has 6 atom stereocenters. The number of hydrogen-bond donors (Lipinski definition) is 0. The number of rotatable bonds is 42. The van der Waals surface area contributed by atoms with E-state index in [0.717, 1.165) is 116 Å². The van der Waals surface area contributed by atoms with E-state index in [-0.39, 0.29) is 58.0 Å². The molecule has 0 radical (unpaired) electrons. The van der Waals surface area contributed by atoms with Gasteiger partial charge in [0.2, 0.25) is 0 Å². The van der Waals surface area contributed by atoms with Crippen LogP contribution in [0.25, 0.3) is 0 Å². The van der Waals surface area contributed by atoms with E-state index in [4.69, 9.17) is 27.1 Å². The number of hydrogen-bond acceptors (Lipinski definition) is 18. The van der Waals surface area contributed by atoms with Crippen LogP contribution in [0.5, 0.6) is 0 Å². The third kappa shape index (κ3) is 82.6. The summed E-state index contributed by atoms with van der Waals surface area (Å²) in [6.45, 7) is 25.9. The van der Waals surface area contributed by atoms with Crippen LogP contribution in [0.1, 0.15) is 237 Å². The molecule has 73 heavy (non-hydrogen) atoms. The molecule has 18 nitrogen and oxygen atoms in total. The third-order valence-corrected chi connectivity index (χ3v) is 18.1. The van der Waals surface area contributed by atoms with E-state index in [1.807, 2.05) is 83.1 Å². The van der Waals surface area contributed by atoms with E-state index >= 15 is 0 Å². The third-order valence-electron chi connectivity index (χ3n) is 9.43. The molecule has 0 saturated heterocycles. The van der Waals surface area contributed by atoms with Gasteiger partial charge < -0.3 is 83.9 Å². The van der Waals surface area contributed by atoms with Crippen molar-refractivity contribution in [1.82, 2.24) is 0 Å². The predicted octanol–water partition coefficient (Wildman–Crippen LogP) is 12.9. The van der Waals surface area contributed by atoms with Gasteiger partial charge in [0.15, 0.2) is 0 Å². The first-order valence-corrected chi connectivity index (χ1v) is 37.8. The van der Waals surface area contributed by atoms with E-state index in [1.54, 1.807) is 0 Å². The van der Waals surface area contributed by atoms with Crippen LogP contribution in [-0.4, -0.2) is 76.6 Å². The van der Waals surface area contributed by atoms with Crippen molar-refractivity contribution in [2.45, 2.75) is 237 Å². The minimum absolute atomic E-state index is 0. The molecule has 450 valence electrons. The molecule has 0 aromatic rings. The monoisotopic (exact) mass is 1260 g/mol. The van der Waals surface area contributed by atoms with Gasteiger partial charge in [-0.05, 0) is 77.0 Å². The van der Waals surface area contributed by atoms with Gasteiger partial charge in [-0.3, -0.25) is 0 Å². The van der Waals surface area contributed by atoms with Gasteiger partial charge in [0, 0.05) is 58.0 Å². The van der Waals surface area contributed by atoms with Crippen molar-refractivity contribution < 1.29 is 105 Å². The standard InChI is InChI=1S/6C8H19O3P.Mo/c6*1-3-5-7-11-12(9,10)8-6-4-2;/h6*3-8H2,1-2H3,(H,9,10);/p-6. The molecular formula is C48H108MoO18P6-6. The first-order valence-electron chi connectivity index (χ1n) is 27.4. The van der Waals surface area contributed by atoms with Crippen LogP contribution in [0.4, 0.5) is 0 Å². The van der Waals surface area contributed by atoms with E-state index in [0.29, 0.717) is 78.2 Å². The molecule has 0 heterocycles. The topological polar surface area (TPSA) is 296 Å². The molecule has 0 aliphatic heterocycles. The molecule has 0 spiro atoms. The van der Waals surface area contributed by atoms with Crippen LogP contribution in [0.15, 0.2) is 0 Å². The first-order chi connectivity index (χ1) is 33.7. The second kappa shape index (κ2) is 61.2. The fraction of sp³-hybridized carbons (Fsp3) is 1.00. The Labute approximate surface area is 462 Å². The molecule has 0 aromatic heterocycles. The summed E-state index contributed by atoms with van der Waals surface area (Å²) in [5, 5.41) is 0. The molecule has 6 unspecified atom stereocenters. The zero-order valence-electron chi connectivity index (χ0n) is 47.9. The minimum atomic E-state index is -3.49. The van der Waals surface area contributed by atoms with E-state index in [1.165, 1.54) is 0 Å². The summed E-state index contributed by atoms with van der Waals surface area (Å²) in [6, 6.07) is 0. The van der Waals surface area contributed by atoms with Gasteiger partial charge in [0.05, 0.1) is 39.6 Å². The Bertz CT molecular complexity index is 1150. The molecule has 0 fully saturated rings. The van der Waals surface area contributed by atoms with Crippen molar-refractivity contribution in [3.05, 3.63) is 0 Å². The Morgan fingerprint density at radius 2 is 0.315 bits per heavy atom. The molecule has 0 saturated carbocycles. The van der Waals surface area contributed by atoms with Gasteiger partial charge in [-0.15, -0.1) is 0 Å². The van der Waals surface area contributed by atoms with Crippen LogP contribution in [0.2, 0.25) is 0 Å². The van der Waals surface area contributed by atoms with E-state index in [2.05, 4.69) is 0 Å². The van der Waals surface area contributed by atoms with E-state index in [9.17, 15) is 56.8 Å². The first kappa shape index (κ1) is 88.4. The summed E-state index contributed by atoms with van der Waals surface area (Å²) in [5.41, 5.74) is 0. The Hall–Kier alpha value is 1.59. The molecule has 0 aliphatic rings. The summed E-state index contributed by atoms with van der Waals surface area (Å²) in [5.74, 6) is 0. The van der Waals surface area contributed by atoms with Crippen molar-refractivity contribution in [3.63, 3.8) is 0 Å². The molecule has 0 aliphatic carbocycles. The molecule has 0 amide bonds. The fourth-order valence-electron chi connectivity index (χ4n) is 4.59. The van der Waals surface area contributed by atoms with Crippen molar-refractivity contribution in [2.24, 2.45) is 0 Å². The van der Waals surface area contributed by atoms with Crippen molar-refractivity contribution in [2.75, 3.05) is 76.6 Å². The van der Waals surface area contributed by atoms with Gasteiger partial charge in [0.1, 0.15) is 45.6 Å². The second-order valence-corrected chi connectivity index (χ2v) is 28.8. The fourth-order valence-corrected chi connectivity index (χ4v) is 12.0. The van der Waals surface area contributed by atoms with E-state index < -0.39 is 45.6 Å². The van der Waals surface area contributed by atoms with Crippen LogP contribution >= 0.6 is 45.6 Å². The maximum absolute atomic E-state index is 11.1. The summed E-state index contributed by atoms with van der Waals surface area (Å²) in [4.78, 5) is 66.4. The van der Waals surface area contributed by atoms with Crippen LogP contribution in [0.3, 0.4) is 0 Å². The summed E-state index contributed by atoms with van der Waals surface area (Å²) >= 11 is 0. The van der Waals surface area contributed by atoms with Crippen molar-refractivity contribution in [3.8, 4) is 0 Å². The normalized spacial score (nSPS) is 15.7. The molecule has 0 aromatic carbocycles. The molecule has 25 heteroatoms. The Balaban J connectivity index is -0.000000143. The number of unbranched alkanes of at least 4 members (excludes halogenated alkanes) is 12. The minimum Gasteiger partial charge on any atom is -0.778 e. The summed E-state index contributed by atoms with van der Waals surface area (Å²) in [7, 11) is -20.9. The summed E-state index contributed by atoms with van der Waals surface area (Å²) < 4.78 is 95.1. The van der Waals surface area contributed by atoms with Gasteiger partial charge in [-0.2, -0.15) is 0 Å². The smallest absolute Gasteiger partial charge is 0.134 e. The Morgan fingerprint density at radius 1 is 0.219 bits per heavy atom. The van der Waals surface area contributed by atoms with Gasteiger partial charge in [-0.1, -0.05) is 160 Å². The SMILES string of the molecule is CCCCOP(=O)([O-])CCCC.CCCCOP(=O)([O-])CCCC.CCCCOP(=O)([O-])CCCC.CCCCOP(=O)([O-])CCCC.CCCCOP(=O)([O-])CCCC.CCCCOP(=O)([O-])CCCC.[Mo]. The molecular weight excluding hydrogens is 1150 g/mol. The quantitative estimate of drug-likeness (QED) is 0.0311. The molecule has 0 bridgehead atoms. The summed E-state index contributed by atoms with van der Waals surface area (Å²) in [6.07, 6.45) is 21.4. The zero-order chi connectivity index (χ0) is 56.7. The largest absolute Gasteiger partial charge is 0.778 e. The predicted molar refractivity (Wildman–Crippen MR) is 289 cm³/mol.